The first-order chi connectivity index (χ1) is 11.6. The molecule has 1 unspecified atom stereocenters. The van der Waals surface area contributed by atoms with Gasteiger partial charge in [0.25, 0.3) is 0 Å². The predicted molar refractivity (Wildman–Crippen MR) is 72.3 cm³/mol. The van der Waals surface area contributed by atoms with Crippen molar-refractivity contribution in [2.75, 3.05) is 13.1 Å². The summed E-state index contributed by atoms with van der Waals surface area (Å²) in [5.41, 5.74) is 0.825. The van der Waals surface area contributed by atoms with Gasteiger partial charge in [-0.1, -0.05) is 0 Å². The second-order valence-electron chi connectivity index (χ2n) is 5.50. The summed E-state index contributed by atoms with van der Waals surface area (Å²) in [6.07, 6.45) is -4.56. The van der Waals surface area contributed by atoms with Crippen LogP contribution in [0.1, 0.15) is 23.3 Å². The standard InChI is InChI=1S/C12H13F2N5O6/c1-17-8-5(2-16-17)7-4-18(6(8)3-15-10(22)23)11(24)19(7)25-12(13,14)9(20)21/h2,6-7,15H,3-4H2,1H3,(H,20,21)(H,22,23)/t6?,7-/m1/s1. The van der Waals surface area contributed by atoms with Crippen molar-refractivity contribution in [3.05, 3.63) is 17.5 Å². The zero-order chi connectivity index (χ0) is 18.5. The van der Waals surface area contributed by atoms with Gasteiger partial charge in [-0.05, 0) is 0 Å². The molecule has 1 aromatic heterocycles. The molecular weight excluding hydrogens is 348 g/mol. The summed E-state index contributed by atoms with van der Waals surface area (Å²) in [5.74, 6) is -2.53. The Morgan fingerprint density at radius 1 is 1.48 bits per heavy atom. The molecule has 3 rings (SSSR count). The molecule has 0 aliphatic carbocycles. The van der Waals surface area contributed by atoms with Crippen LogP contribution in [0.2, 0.25) is 0 Å². The van der Waals surface area contributed by atoms with E-state index in [9.17, 15) is 23.2 Å². The van der Waals surface area contributed by atoms with E-state index in [0.29, 0.717) is 16.3 Å². The minimum Gasteiger partial charge on any atom is -0.475 e. The summed E-state index contributed by atoms with van der Waals surface area (Å²) in [6, 6.07) is -2.77. The molecule has 1 fully saturated rings. The molecule has 0 spiro atoms. The first kappa shape index (κ1) is 16.9. The van der Waals surface area contributed by atoms with Crippen molar-refractivity contribution in [2.45, 2.75) is 18.2 Å². The van der Waals surface area contributed by atoms with E-state index in [1.54, 1.807) is 7.05 Å². The Balaban J connectivity index is 1.96. The van der Waals surface area contributed by atoms with E-state index in [4.69, 9.17) is 10.2 Å². The van der Waals surface area contributed by atoms with Gasteiger partial charge in [-0.2, -0.15) is 23.8 Å². The maximum atomic E-state index is 13.4. The molecule has 3 N–H and O–H groups in total. The van der Waals surface area contributed by atoms with Crippen molar-refractivity contribution in [3.8, 4) is 0 Å². The van der Waals surface area contributed by atoms with Gasteiger partial charge in [-0.25, -0.2) is 14.4 Å². The van der Waals surface area contributed by atoms with Crippen molar-refractivity contribution in [1.29, 1.82) is 0 Å². The summed E-state index contributed by atoms with van der Waals surface area (Å²) in [6.45, 7) is -0.261. The molecule has 2 aliphatic heterocycles. The molecule has 0 saturated carbocycles. The van der Waals surface area contributed by atoms with E-state index < -0.39 is 36.3 Å². The highest BCUT2D eigenvalue weighted by atomic mass is 19.3. The van der Waals surface area contributed by atoms with Gasteiger partial charge in [0.1, 0.15) is 6.04 Å². The summed E-state index contributed by atoms with van der Waals surface area (Å²) >= 11 is 0. The Labute approximate surface area is 138 Å². The first-order valence-corrected chi connectivity index (χ1v) is 7.02. The minimum atomic E-state index is -4.59. The molecule has 2 bridgehead atoms. The second kappa shape index (κ2) is 5.54. The molecular formula is C12H13F2N5O6. The fourth-order valence-electron chi connectivity index (χ4n) is 3.02. The van der Waals surface area contributed by atoms with E-state index in [1.165, 1.54) is 10.9 Å². The number of carbonyl (C=O) groups excluding carboxylic acids is 1. The normalized spacial score (nSPS) is 22.1. The lowest BCUT2D eigenvalue weighted by molar-refractivity contribution is -0.328. The van der Waals surface area contributed by atoms with Crippen LogP contribution in [0.4, 0.5) is 18.4 Å². The number of halogens is 2. The Morgan fingerprint density at radius 2 is 2.16 bits per heavy atom. The molecule has 11 nitrogen and oxygen atoms in total. The lowest BCUT2D eigenvalue weighted by atomic mass is 9.98. The zero-order valence-electron chi connectivity index (χ0n) is 12.7. The molecule has 3 heterocycles. The first-order valence-electron chi connectivity index (χ1n) is 7.02. The Bertz CT molecular complexity index is 752. The van der Waals surface area contributed by atoms with Gasteiger partial charge in [0.15, 0.2) is 0 Å². The van der Waals surface area contributed by atoms with Gasteiger partial charge in [0, 0.05) is 19.2 Å². The third-order valence-corrected chi connectivity index (χ3v) is 4.06. The molecule has 2 atom stereocenters. The topological polar surface area (TPSA) is 137 Å². The van der Waals surface area contributed by atoms with E-state index >= 15 is 0 Å². The maximum absolute atomic E-state index is 13.4. The van der Waals surface area contributed by atoms with Gasteiger partial charge in [-0.3, -0.25) is 4.68 Å². The summed E-state index contributed by atoms with van der Waals surface area (Å²) in [5, 5.41) is 23.7. The lowest BCUT2D eigenvalue weighted by Gasteiger charge is -2.31. The van der Waals surface area contributed by atoms with Gasteiger partial charge >= 0.3 is 24.2 Å². The summed E-state index contributed by atoms with van der Waals surface area (Å²) in [7, 11) is 1.56. The van der Waals surface area contributed by atoms with Crippen LogP contribution in [0.25, 0.3) is 0 Å². The monoisotopic (exact) mass is 361 g/mol. The van der Waals surface area contributed by atoms with Crippen LogP contribution in [-0.2, 0) is 16.7 Å². The average Bonchev–Trinajstić information content (AvgIpc) is 3.02. The highest BCUT2D eigenvalue weighted by molar-refractivity contribution is 5.79. The number of hydrogen-bond donors (Lipinski definition) is 3. The number of aromatic nitrogens is 2. The number of aryl methyl sites for hydroxylation is 1. The molecule has 1 saturated heterocycles. The Kier molecular flexibility index (Phi) is 3.74. The van der Waals surface area contributed by atoms with Gasteiger partial charge in [-0.15, -0.1) is 0 Å². The number of alkyl halides is 2. The fraction of sp³-hybridized carbons (Fsp3) is 0.500. The van der Waals surface area contributed by atoms with Crippen LogP contribution in [0, 0.1) is 0 Å². The summed E-state index contributed by atoms with van der Waals surface area (Å²) < 4.78 is 28.2. The quantitative estimate of drug-likeness (QED) is 0.678. The van der Waals surface area contributed by atoms with Crippen molar-refractivity contribution >= 4 is 18.1 Å². The van der Waals surface area contributed by atoms with E-state index in [2.05, 4.69) is 15.3 Å². The number of carboxylic acid groups (broad SMARTS) is 2. The number of nitrogens with zero attached hydrogens (tertiary/aromatic N) is 4. The molecule has 3 amide bonds. The number of urea groups is 1. The second-order valence-corrected chi connectivity index (χ2v) is 5.50. The van der Waals surface area contributed by atoms with Crippen molar-refractivity contribution < 1.29 is 38.2 Å². The molecule has 0 radical (unpaired) electrons. The highest BCUT2D eigenvalue weighted by Crippen LogP contribution is 2.44. The zero-order valence-corrected chi connectivity index (χ0v) is 12.7. The molecule has 2 aliphatic rings. The predicted octanol–water partition coefficient (Wildman–Crippen LogP) is 0.130. The minimum absolute atomic E-state index is 0.0702. The third kappa shape index (κ3) is 2.61. The number of fused-ring (bicyclic) bond motifs is 4. The third-order valence-electron chi connectivity index (χ3n) is 4.06. The maximum Gasteiger partial charge on any atom is 0.476 e. The number of rotatable bonds is 5. The molecule has 136 valence electrons. The molecule has 1 aromatic rings. The van der Waals surface area contributed by atoms with Crippen LogP contribution in [-0.4, -0.2) is 67.2 Å². The van der Waals surface area contributed by atoms with Crippen molar-refractivity contribution in [1.82, 2.24) is 25.1 Å². The number of nitrogens with one attached hydrogen (secondary N) is 1. The number of aliphatic carboxylic acids is 1. The number of hydrogen-bond acceptors (Lipinski definition) is 5. The Hall–Kier alpha value is -2.96. The SMILES string of the molecule is Cn1ncc2c1C(CNC(=O)O)N1C[C@H]2N(OC(F)(F)C(=O)O)C1=O. The van der Waals surface area contributed by atoms with Crippen molar-refractivity contribution in [2.24, 2.45) is 7.05 Å². The van der Waals surface area contributed by atoms with Gasteiger partial charge in [0.2, 0.25) is 0 Å². The molecule has 13 heteroatoms. The number of carbonyl (C=O) groups is 3. The van der Waals surface area contributed by atoms with Crippen LogP contribution in [0.3, 0.4) is 0 Å². The number of carboxylic acids is 1. The van der Waals surface area contributed by atoms with Crippen LogP contribution in [0.5, 0.6) is 0 Å². The molecule has 25 heavy (non-hydrogen) atoms. The fourth-order valence-corrected chi connectivity index (χ4v) is 3.02. The Morgan fingerprint density at radius 3 is 2.76 bits per heavy atom. The van der Waals surface area contributed by atoms with Crippen molar-refractivity contribution in [3.63, 3.8) is 0 Å². The van der Waals surface area contributed by atoms with Crippen LogP contribution < -0.4 is 5.32 Å². The number of amides is 3. The van der Waals surface area contributed by atoms with Gasteiger partial charge < -0.3 is 20.4 Å². The lowest BCUT2D eigenvalue weighted by Crippen LogP contribution is -2.43. The van der Waals surface area contributed by atoms with Crippen LogP contribution >= 0.6 is 0 Å². The highest BCUT2D eigenvalue weighted by Gasteiger charge is 2.55. The molecule has 0 aromatic carbocycles. The smallest absolute Gasteiger partial charge is 0.475 e. The van der Waals surface area contributed by atoms with Crippen LogP contribution in [0.15, 0.2) is 6.20 Å². The van der Waals surface area contributed by atoms with E-state index in [0.717, 1.165) is 4.90 Å². The average molecular weight is 361 g/mol. The summed E-state index contributed by atoms with van der Waals surface area (Å²) in [4.78, 5) is 39.0. The largest absolute Gasteiger partial charge is 0.476 e. The van der Waals surface area contributed by atoms with Gasteiger partial charge in [0.05, 0.1) is 24.5 Å². The number of hydroxylamine groups is 2. The van der Waals surface area contributed by atoms with E-state index in [-0.39, 0.29) is 13.1 Å². The van der Waals surface area contributed by atoms with E-state index in [1.807, 2.05) is 0 Å².